The molecule has 0 saturated carbocycles. The van der Waals surface area contributed by atoms with Crippen LogP contribution in [0.5, 0.6) is 0 Å². The zero-order valence-electron chi connectivity index (χ0n) is 16.1. The van der Waals surface area contributed by atoms with Crippen molar-refractivity contribution in [3.8, 4) is 11.1 Å². The van der Waals surface area contributed by atoms with Gasteiger partial charge in [-0.3, -0.25) is 4.79 Å². The molecular weight excluding hydrogens is 344 g/mol. The first kappa shape index (κ1) is 18.3. The number of hydrogen-bond acceptors (Lipinski definition) is 2. The summed E-state index contributed by atoms with van der Waals surface area (Å²) in [5.41, 5.74) is 5.47. The Labute approximate surface area is 167 Å². The van der Waals surface area contributed by atoms with Crippen molar-refractivity contribution in [2.45, 2.75) is 25.7 Å². The molecule has 3 aromatic rings. The number of carbonyl (C=O) groups is 1. The minimum Gasteiger partial charge on any atom is -0.372 e. The molecule has 1 N–H and O–H groups in total. The molecular formula is C25H26N2O. The number of amides is 1. The number of hydrogen-bond donors (Lipinski definition) is 1. The van der Waals surface area contributed by atoms with Gasteiger partial charge in [0.15, 0.2) is 0 Å². The van der Waals surface area contributed by atoms with Crippen LogP contribution in [-0.2, 0) is 11.2 Å². The monoisotopic (exact) mass is 370 g/mol. The molecule has 0 unspecified atom stereocenters. The predicted octanol–water partition coefficient (Wildman–Crippen LogP) is 5.53. The molecule has 0 aliphatic carbocycles. The van der Waals surface area contributed by atoms with Crippen LogP contribution in [0.15, 0.2) is 78.9 Å². The average Bonchev–Trinajstić information content (AvgIpc) is 2.76. The summed E-state index contributed by atoms with van der Waals surface area (Å²) in [6.45, 7) is 2.26. The molecule has 4 rings (SSSR count). The lowest BCUT2D eigenvalue weighted by atomic mass is 10.0. The van der Waals surface area contributed by atoms with E-state index < -0.39 is 0 Å². The van der Waals surface area contributed by atoms with Crippen LogP contribution in [0.4, 0.5) is 11.4 Å². The van der Waals surface area contributed by atoms with Crippen LogP contribution in [-0.4, -0.2) is 19.0 Å². The number of piperidine rings is 1. The standard InChI is InChI=1S/C25H26N2O/c28-25(19-20-9-11-22(12-10-20)21-7-3-1-4-8-21)26-23-13-15-24(16-14-23)27-17-5-2-6-18-27/h1,3-4,7-16H,2,5-6,17-19H2,(H,26,28). The highest BCUT2D eigenvalue weighted by molar-refractivity contribution is 5.92. The lowest BCUT2D eigenvalue weighted by Crippen LogP contribution is -2.29. The molecule has 0 bridgehead atoms. The number of rotatable bonds is 5. The molecule has 28 heavy (non-hydrogen) atoms. The Hall–Kier alpha value is -3.07. The Kier molecular flexibility index (Phi) is 5.72. The van der Waals surface area contributed by atoms with E-state index in [1.807, 2.05) is 42.5 Å². The van der Waals surface area contributed by atoms with Gasteiger partial charge in [-0.1, -0.05) is 54.6 Å². The van der Waals surface area contributed by atoms with Crippen molar-refractivity contribution in [1.29, 1.82) is 0 Å². The maximum absolute atomic E-state index is 12.4. The van der Waals surface area contributed by atoms with Gasteiger partial charge in [-0.15, -0.1) is 0 Å². The zero-order valence-corrected chi connectivity index (χ0v) is 16.1. The van der Waals surface area contributed by atoms with Gasteiger partial charge in [0.2, 0.25) is 5.91 Å². The van der Waals surface area contributed by atoms with Gasteiger partial charge in [0.1, 0.15) is 0 Å². The van der Waals surface area contributed by atoms with Crippen molar-refractivity contribution in [2.75, 3.05) is 23.3 Å². The van der Waals surface area contributed by atoms with Gasteiger partial charge in [-0.25, -0.2) is 0 Å². The maximum atomic E-state index is 12.4. The first-order chi connectivity index (χ1) is 13.8. The van der Waals surface area contributed by atoms with Gasteiger partial charge < -0.3 is 10.2 Å². The van der Waals surface area contributed by atoms with Crippen molar-refractivity contribution >= 4 is 17.3 Å². The van der Waals surface area contributed by atoms with Crippen LogP contribution in [0.1, 0.15) is 24.8 Å². The summed E-state index contributed by atoms with van der Waals surface area (Å²) >= 11 is 0. The molecule has 1 fully saturated rings. The number of carbonyl (C=O) groups excluding carboxylic acids is 1. The molecule has 0 aromatic heterocycles. The minimum atomic E-state index is 0.0122. The zero-order chi connectivity index (χ0) is 19.2. The van der Waals surface area contributed by atoms with Crippen molar-refractivity contribution < 1.29 is 4.79 Å². The molecule has 0 atom stereocenters. The Balaban J connectivity index is 1.34. The van der Waals surface area contributed by atoms with Gasteiger partial charge in [-0.2, -0.15) is 0 Å². The van der Waals surface area contributed by atoms with Crippen molar-refractivity contribution in [3.63, 3.8) is 0 Å². The van der Waals surface area contributed by atoms with Crippen LogP contribution in [0, 0.1) is 0 Å². The quantitative estimate of drug-likeness (QED) is 0.641. The Morgan fingerprint density at radius 2 is 1.39 bits per heavy atom. The number of benzene rings is 3. The van der Waals surface area contributed by atoms with E-state index in [1.165, 1.54) is 30.5 Å². The third kappa shape index (κ3) is 4.61. The summed E-state index contributed by atoms with van der Waals surface area (Å²) in [6, 6.07) is 26.7. The Morgan fingerprint density at radius 3 is 2.07 bits per heavy atom. The van der Waals surface area contributed by atoms with Gasteiger partial charge in [0.25, 0.3) is 0 Å². The van der Waals surface area contributed by atoms with Crippen molar-refractivity contribution in [1.82, 2.24) is 0 Å². The van der Waals surface area contributed by atoms with Crippen molar-refractivity contribution in [2.24, 2.45) is 0 Å². The minimum absolute atomic E-state index is 0.0122. The van der Waals surface area contributed by atoms with E-state index in [-0.39, 0.29) is 5.91 Å². The predicted molar refractivity (Wildman–Crippen MR) is 117 cm³/mol. The first-order valence-electron chi connectivity index (χ1n) is 10.1. The molecule has 1 aliphatic heterocycles. The summed E-state index contributed by atoms with van der Waals surface area (Å²) < 4.78 is 0. The number of anilines is 2. The molecule has 1 heterocycles. The van der Waals surface area contributed by atoms with Crippen LogP contribution in [0.2, 0.25) is 0 Å². The van der Waals surface area contributed by atoms with E-state index in [4.69, 9.17) is 0 Å². The largest absolute Gasteiger partial charge is 0.372 e. The molecule has 3 nitrogen and oxygen atoms in total. The molecule has 142 valence electrons. The van der Waals surface area contributed by atoms with Gasteiger partial charge in [0, 0.05) is 24.5 Å². The second-order valence-electron chi connectivity index (χ2n) is 7.38. The molecule has 0 spiro atoms. The SMILES string of the molecule is O=C(Cc1ccc(-c2ccccc2)cc1)Nc1ccc(N2CCCCC2)cc1. The van der Waals surface area contributed by atoms with Crippen LogP contribution >= 0.6 is 0 Å². The molecule has 1 saturated heterocycles. The lowest BCUT2D eigenvalue weighted by Gasteiger charge is -2.28. The van der Waals surface area contributed by atoms with Crippen LogP contribution in [0.3, 0.4) is 0 Å². The Bertz CT molecular complexity index is 896. The second-order valence-corrected chi connectivity index (χ2v) is 7.38. The van der Waals surface area contributed by atoms with E-state index in [1.54, 1.807) is 0 Å². The fourth-order valence-electron chi connectivity index (χ4n) is 3.74. The average molecular weight is 370 g/mol. The number of nitrogens with zero attached hydrogens (tertiary/aromatic N) is 1. The topological polar surface area (TPSA) is 32.3 Å². The molecule has 3 heteroatoms. The van der Waals surface area contributed by atoms with Gasteiger partial charge in [-0.05, 0) is 60.2 Å². The van der Waals surface area contributed by atoms with E-state index in [2.05, 4.69) is 46.6 Å². The third-order valence-electron chi connectivity index (χ3n) is 5.30. The van der Waals surface area contributed by atoms with E-state index >= 15 is 0 Å². The van der Waals surface area contributed by atoms with E-state index in [0.717, 1.165) is 29.9 Å². The highest BCUT2D eigenvalue weighted by Gasteiger charge is 2.11. The summed E-state index contributed by atoms with van der Waals surface area (Å²) in [7, 11) is 0. The van der Waals surface area contributed by atoms with E-state index in [9.17, 15) is 4.79 Å². The lowest BCUT2D eigenvalue weighted by molar-refractivity contribution is -0.115. The fraction of sp³-hybridized carbons (Fsp3) is 0.240. The van der Waals surface area contributed by atoms with Gasteiger partial charge >= 0.3 is 0 Å². The van der Waals surface area contributed by atoms with E-state index in [0.29, 0.717) is 6.42 Å². The van der Waals surface area contributed by atoms with Crippen LogP contribution < -0.4 is 10.2 Å². The molecule has 0 radical (unpaired) electrons. The molecule has 1 amide bonds. The highest BCUT2D eigenvalue weighted by atomic mass is 16.1. The van der Waals surface area contributed by atoms with Gasteiger partial charge in [0.05, 0.1) is 6.42 Å². The molecule has 3 aromatic carbocycles. The fourth-order valence-corrected chi connectivity index (χ4v) is 3.74. The second kappa shape index (κ2) is 8.75. The summed E-state index contributed by atoms with van der Waals surface area (Å²) in [6.07, 6.45) is 4.24. The first-order valence-corrected chi connectivity index (χ1v) is 10.1. The summed E-state index contributed by atoms with van der Waals surface area (Å²) in [4.78, 5) is 14.8. The maximum Gasteiger partial charge on any atom is 0.228 e. The highest BCUT2D eigenvalue weighted by Crippen LogP contribution is 2.22. The Morgan fingerprint density at radius 1 is 0.750 bits per heavy atom. The van der Waals surface area contributed by atoms with Crippen LogP contribution in [0.25, 0.3) is 11.1 Å². The smallest absolute Gasteiger partial charge is 0.228 e. The normalized spacial score (nSPS) is 13.9. The van der Waals surface area contributed by atoms with Crippen molar-refractivity contribution in [3.05, 3.63) is 84.4 Å². The third-order valence-corrected chi connectivity index (χ3v) is 5.30. The summed E-state index contributed by atoms with van der Waals surface area (Å²) in [5, 5.41) is 3.01. The summed E-state index contributed by atoms with van der Waals surface area (Å²) in [5.74, 6) is 0.0122. The molecule has 1 aliphatic rings. The number of nitrogens with one attached hydrogen (secondary N) is 1.